The van der Waals surface area contributed by atoms with Crippen molar-refractivity contribution >= 4 is 11.9 Å². The number of carboxylic acids is 1. The Labute approximate surface area is 153 Å². The Hall–Kier alpha value is -2.66. The van der Waals surface area contributed by atoms with Crippen molar-refractivity contribution in [1.82, 2.24) is 5.32 Å². The van der Waals surface area contributed by atoms with Gasteiger partial charge in [0.1, 0.15) is 6.10 Å². The highest BCUT2D eigenvalue weighted by Crippen LogP contribution is 2.27. The van der Waals surface area contributed by atoms with Crippen LogP contribution in [0.25, 0.3) is 0 Å². The van der Waals surface area contributed by atoms with Crippen LogP contribution in [0.1, 0.15) is 36.3 Å². The molecule has 1 heterocycles. The third kappa shape index (κ3) is 4.49. The second kappa shape index (κ2) is 8.63. The second-order valence-electron chi connectivity index (χ2n) is 6.48. The smallest absolute Gasteiger partial charge is 0.332 e. The van der Waals surface area contributed by atoms with Crippen molar-refractivity contribution in [2.45, 2.75) is 37.4 Å². The molecule has 1 aliphatic rings. The lowest BCUT2D eigenvalue weighted by molar-refractivity contribution is -0.151. The maximum atomic E-state index is 12.2. The number of carbonyl (C=O) groups is 2. The molecule has 1 fully saturated rings. The van der Waals surface area contributed by atoms with Crippen LogP contribution in [0.5, 0.6) is 0 Å². The van der Waals surface area contributed by atoms with Crippen molar-refractivity contribution in [2.24, 2.45) is 0 Å². The Balaban J connectivity index is 1.59. The number of carbonyl (C=O) groups excluding carboxylic acids is 1. The topological polar surface area (TPSA) is 75.6 Å². The van der Waals surface area contributed by atoms with Crippen molar-refractivity contribution < 1.29 is 19.4 Å². The van der Waals surface area contributed by atoms with Gasteiger partial charge < -0.3 is 15.2 Å². The first-order valence-corrected chi connectivity index (χ1v) is 8.91. The third-order valence-corrected chi connectivity index (χ3v) is 4.72. The molecule has 0 unspecified atom stereocenters. The van der Waals surface area contributed by atoms with E-state index in [-0.39, 0.29) is 11.8 Å². The summed E-state index contributed by atoms with van der Waals surface area (Å²) >= 11 is 0. The molecule has 1 aliphatic heterocycles. The van der Waals surface area contributed by atoms with Crippen molar-refractivity contribution in [1.29, 1.82) is 0 Å². The van der Waals surface area contributed by atoms with Crippen LogP contribution in [0.3, 0.4) is 0 Å². The van der Waals surface area contributed by atoms with E-state index in [4.69, 9.17) is 9.84 Å². The van der Waals surface area contributed by atoms with Crippen LogP contribution in [0, 0.1) is 0 Å². The van der Waals surface area contributed by atoms with Gasteiger partial charge in [-0.25, -0.2) is 4.79 Å². The number of hydrogen-bond donors (Lipinski definition) is 2. The molecule has 0 spiro atoms. The van der Waals surface area contributed by atoms with Gasteiger partial charge >= 0.3 is 5.97 Å². The Bertz CT molecular complexity index is 693. The maximum Gasteiger partial charge on any atom is 0.332 e. The molecule has 0 saturated carbocycles. The van der Waals surface area contributed by atoms with Crippen molar-refractivity contribution in [3.8, 4) is 0 Å². The molecule has 1 amide bonds. The van der Waals surface area contributed by atoms with Crippen molar-refractivity contribution in [3.63, 3.8) is 0 Å². The lowest BCUT2D eigenvalue weighted by atomic mass is 9.88. The summed E-state index contributed by atoms with van der Waals surface area (Å²) in [5, 5.41) is 11.9. The van der Waals surface area contributed by atoms with Crippen LogP contribution in [-0.4, -0.2) is 35.7 Å². The zero-order chi connectivity index (χ0) is 18.4. The fourth-order valence-corrected chi connectivity index (χ4v) is 3.36. The Morgan fingerprint density at radius 2 is 1.50 bits per heavy atom. The molecule has 2 aromatic carbocycles. The second-order valence-corrected chi connectivity index (χ2v) is 6.48. The molecule has 0 aliphatic carbocycles. The molecular weight excluding hydrogens is 330 g/mol. The minimum Gasteiger partial charge on any atom is -0.479 e. The quantitative estimate of drug-likeness (QED) is 0.802. The first-order valence-electron chi connectivity index (χ1n) is 8.91. The molecule has 0 bridgehead atoms. The molecule has 5 heteroatoms. The zero-order valence-corrected chi connectivity index (χ0v) is 14.5. The molecule has 0 aromatic heterocycles. The van der Waals surface area contributed by atoms with E-state index in [1.807, 2.05) is 36.4 Å². The maximum absolute atomic E-state index is 12.2. The molecule has 0 radical (unpaired) electrons. The molecule has 5 nitrogen and oxygen atoms in total. The van der Waals surface area contributed by atoms with Gasteiger partial charge in [-0.1, -0.05) is 60.7 Å². The van der Waals surface area contributed by atoms with Gasteiger partial charge in [-0.05, 0) is 30.4 Å². The summed E-state index contributed by atoms with van der Waals surface area (Å²) in [6.45, 7) is 0.505. The molecule has 2 N–H and O–H groups in total. The van der Waals surface area contributed by atoms with Gasteiger partial charge in [-0.15, -0.1) is 0 Å². The summed E-state index contributed by atoms with van der Waals surface area (Å²) in [6.07, 6.45) is 0.0536. The summed E-state index contributed by atoms with van der Waals surface area (Å²) in [5.41, 5.74) is 2.41. The Kier molecular flexibility index (Phi) is 6.02. The normalized spacial score (nSPS) is 19.4. The summed E-state index contributed by atoms with van der Waals surface area (Å²) in [6, 6.07) is 20.4. The number of benzene rings is 2. The molecular formula is C21H23NO4. The first-order chi connectivity index (χ1) is 12.6. The average Bonchev–Trinajstić information content (AvgIpc) is 3.17. The van der Waals surface area contributed by atoms with Crippen LogP contribution in [0.15, 0.2) is 60.7 Å². The van der Waals surface area contributed by atoms with Gasteiger partial charge in [-0.3, -0.25) is 4.79 Å². The first kappa shape index (κ1) is 18.1. The van der Waals surface area contributed by atoms with Crippen LogP contribution >= 0.6 is 0 Å². The minimum atomic E-state index is -1.01. The highest BCUT2D eigenvalue weighted by molar-refractivity contribution is 5.82. The minimum absolute atomic E-state index is 0.189. The van der Waals surface area contributed by atoms with Crippen molar-refractivity contribution in [2.75, 3.05) is 6.54 Å². The number of aliphatic carboxylic acids is 1. The summed E-state index contributed by atoms with van der Waals surface area (Å²) in [5.74, 6) is -1.05. The van der Waals surface area contributed by atoms with Crippen LogP contribution in [0.2, 0.25) is 0 Å². The molecule has 136 valence electrons. The molecule has 1 saturated heterocycles. The highest BCUT2D eigenvalue weighted by atomic mass is 16.5. The van der Waals surface area contributed by atoms with Crippen LogP contribution in [0.4, 0.5) is 0 Å². The predicted octanol–water partition coefficient (Wildman–Crippen LogP) is 2.96. The van der Waals surface area contributed by atoms with E-state index in [9.17, 15) is 9.59 Å². The van der Waals surface area contributed by atoms with E-state index in [0.29, 0.717) is 19.4 Å². The lowest BCUT2D eigenvalue weighted by Gasteiger charge is -2.19. The largest absolute Gasteiger partial charge is 0.479 e. The number of ether oxygens (including phenoxy) is 1. The zero-order valence-electron chi connectivity index (χ0n) is 14.5. The van der Waals surface area contributed by atoms with Gasteiger partial charge in [0.25, 0.3) is 0 Å². The lowest BCUT2D eigenvalue weighted by Crippen LogP contribution is -2.36. The molecule has 3 rings (SSSR count). The van der Waals surface area contributed by atoms with E-state index in [1.165, 1.54) is 11.1 Å². The number of hydrogen-bond acceptors (Lipinski definition) is 3. The SMILES string of the molecule is O=C(NCCC(c1ccccc1)c1ccccc1)[C@@H]1CC[C@H](C(=O)O)O1. The van der Waals surface area contributed by atoms with E-state index < -0.39 is 18.2 Å². The highest BCUT2D eigenvalue weighted by Gasteiger charge is 2.34. The number of nitrogens with one attached hydrogen (secondary N) is 1. The standard InChI is InChI=1S/C21H23NO4/c23-20(18-11-12-19(26-18)21(24)25)22-14-13-17(15-7-3-1-4-8-15)16-9-5-2-6-10-16/h1-10,17-19H,11-14H2,(H,22,23)(H,24,25)/t18-,19+/m0/s1. The fraction of sp³-hybridized carbons (Fsp3) is 0.333. The van der Waals surface area contributed by atoms with E-state index in [0.717, 1.165) is 6.42 Å². The van der Waals surface area contributed by atoms with Gasteiger partial charge in [0.15, 0.2) is 6.10 Å². The van der Waals surface area contributed by atoms with E-state index >= 15 is 0 Å². The van der Waals surface area contributed by atoms with E-state index in [2.05, 4.69) is 29.6 Å². The number of carboxylic acid groups (broad SMARTS) is 1. The van der Waals surface area contributed by atoms with Gasteiger partial charge in [0, 0.05) is 12.5 Å². The summed E-state index contributed by atoms with van der Waals surface area (Å²) in [7, 11) is 0. The van der Waals surface area contributed by atoms with Crippen LogP contribution < -0.4 is 5.32 Å². The number of rotatable bonds is 7. The predicted molar refractivity (Wildman–Crippen MR) is 97.9 cm³/mol. The molecule has 26 heavy (non-hydrogen) atoms. The Morgan fingerprint density at radius 3 is 2.00 bits per heavy atom. The Morgan fingerprint density at radius 1 is 0.962 bits per heavy atom. The molecule has 2 aromatic rings. The van der Waals surface area contributed by atoms with E-state index in [1.54, 1.807) is 0 Å². The van der Waals surface area contributed by atoms with Gasteiger partial charge in [0.05, 0.1) is 0 Å². The monoisotopic (exact) mass is 353 g/mol. The summed E-state index contributed by atoms with van der Waals surface area (Å²) in [4.78, 5) is 23.2. The number of amides is 1. The average molecular weight is 353 g/mol. The van der Waals surface area contributed by atoms with Crippen molar-refractivity contribution in [3.05, 3.63) is 71.8 Å². The van der Waals surface area contributed by atoms with Gasteiger partial charge in [0.2, 0.25) is 5.91 Å². The fourth-order valence-electron chi connectivity index (χ4n) is 3.36. The summed E-state index contributed by atoms with van der Waals surface area (Å²) < 4.78 is 5.30. The van der Waals surface area contributed by atoms with Crippen LogP contribution in [-0.2, 0) is 14.3 Å². The third-order valence-electron chi connectivity index (χ3n) is 4.72. The van der Waals surface area contributed by atoms with Gasteiger partial charge in [-0.2, -0.15) is 0 Å². The molecule has 2 atom stereocenters.